The van der Waals surface area contributed by atoms with E-state index in [2.05, 4.69) is 0 Å². The van der Waals surface area contributed by atoms with E-state index in [1.54, 1.807) is 72.8 Å². The molecule has 0 saturated carbocycles. The van der Waals surface area contributed by atoms with Crippen LogP contribution in [0.2, 0.25) is 0 Å². The van der Waals surface area contributed by atoms with Crippen LogP contribution in [0.15, 0.2) is 102 Å². The van der Waals surface area contributed by atoms with E-state index in [0.717, 1.165) is 33.9 Å². The van der Waals surface area contributed by atoms with Crippen molar-refractivity contribution < 1.29 is 77.7 Å². The highest BCUT2D eigenvalue weighted by Gasteiger charge is 2.83. The first kappa shape index (κ1) is 50.3. The summed E-state index contributed by atoms with van der Waals surface area (Å²) < 4.78 is 212. The standard InChI is InChI=1S/C30H39O6S4.C4HF9O3S/c1-4-7-22-38(31,32)28-16-10-25(11-17-28)37(26-12-18-29(19-13-26)39(33,34)23-8-5-2)27-14-20-30(21-15-27)40(35,36)24-9-6-3;5-1(6,3(9,10)11)2(7,8)4(12,13)17(14,15)16/h10-21H,4-9,22-24H2,1-3H3;(H,14,15,16)/q+1;/p-1. The molecule has 9 nitrogen and oxygen atoms in total. The summed E-state index contributed by atoms with van der Waals surface area (Å²) in [6, 6.07) is 20.5. The Morgan fingerprint density at radius 3 is 0.895 bits per heavy atom. The first-order chi connectivity index (χ1) is 25.9. The van der Waals surface area contributed by atoms with E-state index in [9.17, 15) is 77.7 Å². The number of sulfone groups is 3. The lowest BCUT2D eigenvalue weighted by Gasteiger charge is -2.34. The molecule has 0 radical (unpaired) electrons. The lowest BCUT2D eigenvalue weighted by molar-refractivity contribution is -0.382. The Morgan fingerprint density at radius 2 is 0.702 bits per heavy atom. The van der Waals surface area contributed by atoms with Crippen LogP contribution in [0.3, 0.4) is 0 Å². The third kappa shape index (κ3) is 11.9. The van der Waals surface area contributed by atoms with Crippen molar-refractivity contribution >= 4 is 50.5 Å². The molecule has 3 aromatic rings. The third-order valence-electron chi connectivity index (χ3n) is 7.99. The van der Waals surface area contributed by atoms with Gasteiger partial charge in [-0.25, -0.2) is 33.7 Å². The molecule has 0 spiro atoms. The van der Waals surface area contributed by atoms with Crippen LogP contribution in [0.4, 0.5) is 39.5 Å². The van der Waals surface area contributed by atoms with Gasteiger partial charge in [0.25, 0.3) is 0 Å². The van der Waals surface area contributed by atoms with Gasteiger partial charge in [0.2, 0.25) is 0 Å². The van der Waals surface area contributed by atoms with Gasteiger partial charge in [0.15, 0.2) is 54.3 Å². The molecule has 0 fully saturated rings. The summed E-state index contributed by atoms with van der Waals surface area (Å²) in [7, 11) is -18.3. The average Bonchev–Trinajstić information content (AvgIpc) is 3.12. The molecule has 0 amide bonds. The molecule has 0 saturated heterocycles. The minimum Gasteiger partial charge on any atom is -0.743 e. The Bertz CT molecular complexity index is 2040. The van der Waals surface area contributed by atoms with E-state index >= 15 is 0 Å². The zero-order chi connectivity index (χ0) is 43.9. The van der Waals surface area contributed by atoms with Crippen LogP contribution in [0.25, 0.3) is 0 Å². The van der Waals surface area contributed by atoms with E-state index < -0.39 is 73.8 Å². The zero-order valence-electron chi connectivity index (χ0n) is 30.4. The lowest BCUT2D eigenvalue weighted by Crippen LogP contribution is -2.63. The highest BCUT2D eigenvalue weighted by molar-refractivity contribution is 7.97. The predicted octanol–water partition coefficient (Wildman–Crippen LogP) is 8.46. The summed E-state index contributed by atoms with van der Waals surface area (Å²) in [4.78, 5) is 3.34. The normalized spacial score (nSPS) is 13.6. The van der Waals surface area contributed by atoms with Crippen LogP contribution in [0.5, 0.6) is 0 Å². The molecular weight excluding hydrogens is 884 g/mol. The second kappa shape index (κ2) is 19.0. The summed E-state index contributed by atoms with van der Waals surface area (Å²) in [5.74, 6) is -14.5. The quantitative estimate of drug-likeness (QED) is 0.0693. The number of rotatable bonds is 18. The van der Waals surface area contributed by atoms with Gasteiger partial charge in [0.05, 0.1) is 42.8 Å². The third-order valence-corrected chi connectivity index (χ3v) is 16.6. The smallest absolute Gasteiger partial charge is 0.460 e. The number of unbranched alkanes of at least 4 members (excludes halogenated alkanes) is 3. The van der Waals surface area contributed by atoms with Crippen LogP contribution in [-0.4, -0.2) is 78.8 Å². The summed E-state index contributed by atoms with van der Waals surface area (Å²) in [6.07, 6.45) is -3.02. The number of alkyl halides is 9. The van der Waals surface area contributed by atoms with Gasteiger partial charge < -0.3 is 4.55 Å². The number of benzene rings is 3. The molecule has 0 unspecified atom stereocenters. The summed E-state index contributed by atoms with van der Waals surface area (Å²) in [6.45, 7) is 5.85. The Morgan fingerprint density at radius 1 is 0.456 bits per heavy atom. The van der Waals surface area contributed by atoms with Crippen molar-refractivity contribution in [2.45, 2.75) is 112 Å². The zero-order valence-corrected chi connectivity index (χ0v) is 34.5. The van der Waals surface area contributed by atoms with E-state index in [1.165, 1.54) is 0 Å². The van der Waals surface area contributed by atoms with Gasteiger partial charge in [-0.05, 0) is 92.1 Å². The Labute approximate surface area is 328 Å². The number of halogens is 9. The van der Waals surface area contributed by atoms with E-state index in [4.69, 9.17) is 0 Å². The maximum absolute atomic E-state index is 12.7. The molecule has 0 aliphatic heterocycles. The fraction of sp³-hybridized carbons (Fsp3) is 0.471. The molecule has 0 atom stereocenters. The van der Waals surface area contributed by atoms with Crippen molar-refractivity contribution in [1.82, 2.24) is 0 Å². The fourth-order valence-electron chi connectivity index (χ4n) is 4.63. The van der Waals surface area contributed by atoms with E-state index in [-0.39, 0.29) is 31.9 Å². The second-order valence-corrected chi connectivity index (χ2v) is 22.1. The summed E-state index contributed by atoms with van der Waals surface area (Å²) >= 11 is 0. The van der Waals surface area contributed by atoms with Crippen LogP contribution >= 0.6 is 0 Å². The molecule has 3 aromatic carbocycles. The Balaban J connectivity index is 0.000000555. The van der Waals surface area contributed by atoms with Gasteiger partial charge in [0.1, 0.15) is 0 Å². The Kier molecular flexibility index (Phi) is 16.8. The van der Waals surface area contributed by atoms with Crippen molar-refractivity contribution in [3.8, 4) is 0 Å². The molecule has 0 bridgehead atoms. The van der Waals surface area contributed by atoms with Crippen LogP contribution in [-0.2, 0) is 50.5 Å². The molecule has 57 heavy (non-hydrogen) atoms. The first-order valence-corrected chi connectivity index (χ1v) is 24.4. The van der Waals surface area contributed by atoms with Gasteiger partial charge in [-0.2, -0.15) is 39.5 Å². The van der Waals surface area contributed by atoms with Crippen LogP contribution < -0.4 is 0 Å². The molecule has 0 aliphatic carbocycles. The maximum atomic E-state index is 12.7. The van der Waals surface area contributed by atoms with Gasteiger partial charge >= 0.3 is 23.3 Å². The largest absolute Gasteiger partial charge is 0.743 e. The second-order valence-electron chi connectivity index (χ2n) is 12.4. The molecule has 0 aliphatic rings. The minimum atomic E-state index is -7.43. The predicted molar refractivity (Wildman–Crippen MR) is 193 cm³/mol. The van der Waals surface area contributed by atoms with Gasteiger partial charge in [-0.3, -0.25) is 0 Å². The summed E-state index contributed by atoms with van der Waals surface area (Å²) in [5, 5.41) is -7.11. The molecule has 0 aromatic heterocycles. The maximum Gasteiger partial charge on any atom is 0.460 e. The highest BCUT2D eigenvalue weighted by atomic mass is 32.2. The lowest BCUT2D eigenvalue weighted by atomic mass is 10.1. The first-order valence-electron chi connectivity index (χ1n) is 16.8. The molecule has 0 N–H and O–H groups in total. The molecule has 23 heteroatoms. The van der Waals surface area contributed by atoms with E-state index in [0.29, 0.717) is 19.3 Å². The molecular formula is C34H39F9O9S5. The molecule has 3 rings (SSSR count). The SMILES string of the molecule is CCCCS(=O)(=O)c1ccc([S+](c2ccc(S(=O)(=O)CCCC)cc2)c2ccc(S(=O)(=O)CCCC)cc2)cc1.O=S(=O)([O-])C(F)(F)C(F)(F)C(F)(F)C(F)(F)F. The van der Waals surface area contributed by atoms with Crippen molar-refractivity contribution in [1.29, 1.82) is 0 Å². The van der Waals surface area contributed by atoms with Crippen molar-refractivity contribution in [2.75, 3.05) is 17.3 Å². The van der Waals surface area contributed by atoms with Crippen LogP contribution in [0, 0.1) is 0 Å². The van der Waals surface area contributed by atoms with Crippen molar-refractivity contribution in [3.05, 3.63) is 72.8 Å². The van der Waals surface area contributed by atoms with Gasteiger partial charge in [0, 0.05) is 0 Å². The van der Waals surface area contributed by atoms with Gasteiger partial charge in [-0.15, -0.1) is 0 Å². The van der Waals surface area contributed by atoms with Crippen LogP contribution in [0.1, 0.15) is 59.3 Å². The van der Waals surface area contributed by atoms with E-state index in [1.807, 2.05) is 20.8 Å². The molecule has 322 valence electrons. The number of hydrogen-bond donors (Lipinski definition) is 0. The average molecular weight is 923 g/mol. The Hall–Kier alpha value is -2.86. The van der Waals surface area contributed by atoms with Crippen molar-refractivity contribution in [2.24, 2.45) is 0 Å². The monoisotopic (exact) mass is 922 g/mol. The van der Waals surface area contributed by atoms with Crippen molar-refractivity contribution in [3.63, 3.8) is 0 Å². The fourth-order valence-corrected chi connectivity index (χ4v) is 11.5. The van der Waals surface area contributed by atoms with Gasteiger partial charge in [-0.1, -0.05) is 40.0 Å². The molecule has 0 heterocycles. The minimum absolute atomic E-state index is 0.0937. The highest BCUT2D eigenvalue weighted by Crippen LogP contribution is 2.54. The topological polar surface area (TPSA) is 160 Å². The summed E-state index contributed by atoms with van der Waals surface area (Å²) in [5.41, 5.74) is 0. The number of hydrogen-bond acceptors (Lipinski definition) is 9.